The summed E-state index contributed by atoms with van der Waals surface area (Å²) in [5.74, 6) is 0. The minimum atomic E-state index is 0.439. The predicted molar refractivity (Wildman–Crippen MR) is 82.2 cm³/mol. The van der Waals surface area contributed by atoms with Gasteiger partial charge in [-0.3, -0.25) is 4.68 Å². The van der Waals surface area contributed by atoms with Gasteiger partial charge in [0.15, 0.2) is 0 Å². The quantitative estimate of drug-likeness (QED) is 0.786. The number of aromatic nitrogens is 2. The van der Waals surface area contributed by atoms with Gasteiger partial charge in [0, 0.05) is 19.7 Å². The second-order valence-electron chi connectivity index (χ2n) is 5.33. The van der Waals surface area contributed by atoms with Crippen molar-refractivity contribution in [2.24, 2.45) is 0 Å². The fraction of sp³-hybridized carbons (Fsp3) is 0.800. The van der Waals surface area contributed by atoms with Crippen molar-refractivity contribution in [2.75, 3.05) is 13.2 Å². The summed E-state index contributed by atoms with van der Waals surface area (Å²) in [7, 11) is 0. The Morgan fingerprint density at radius 3 is 2.90 bits per heavy atom. The molecule has 1 N–H and O–H groups in total. The van der Waals surface area contributed by atoms with Crippen LogP contribution in [0.15, 0.2) is 0 Å². The molecule has 1 fully saturated rings. The van der Waals surface area contributed by atoms with Gasteiger partial charge in [-0.15, -0.1) is 0 Å². The maximum absolute atomic E-state index is 6.39. The molecule has 0 radical (unpaired) electrons. The standard InChI is InChI=1S/C15H26ClN3O/c1-3-13-15(16)14(19(4-2)18-13)11-17-9-8-12-7-5-6-10-20-12/h12,17H,3-11H2,1-2H3. The van der Waals surface area contributed by atoms with E-state index in [-0.39, 0.29) is 0 Å². The number of hydrogen-bond donors (Lipinski definition) is 1. The summed E-state index contributed by atoms with van der Waals surface area (Å²) < 4.78 is 7.74. The molecule has 20 heavy (non-hydrogen) atoms. The van der Waals surface area contributed by atoms with Gasteiger partial charge < -0.3 is 10.1 Å². The van der Waals surface area contributed by atoms with Gasteiger partial charge in [0.25, 0.3) is 0 Å². The van der Waals surface area contributed by atoms with Crippen LogP contribution in [0, 0.1) is 0 Å². The van der Waals surface area contributed by atoms with E-state index in [4.69, 9.17) is 16.3 Å². The smallest absolute Gasteiger partial charge is 0.0863 e. The summed E-state index contributed by atoms with van der Waals surface area (Å²) in [5, 5.41) is 8.84. The Balaban J connectivity index is 1.79. The Morgan fingerprint density at radius 2 is 2.25 bits per heavy atom. The van der Waals surface area contributed by atoms with Crippen LogP contribution in [-0.4, -0.2) is 29.0 Å². The number of ether oxygens (including phenoxy) is 1. The average Bonchev–Trinajstić information content (AvgIpc) is 2.80. The van der Waals surface area contributed by atoms with Gasteiger partial charge in [-0.2, -0.15) is 5.10 Å². The van der Waals surface area contributed by atoms with Gasteiger partial charge in [-0.1, -0.05) is 18.5 Å². The van der Waals surface area contributed by atoms with E-state index in [1.54, 1.807) is 0 Å². The van der Waals surface area contributed by atoms with E-state index in [1.165, 1.54) is 19.3 Å². The molecule has 1 aliphatic heterocycles. The molecule has 1 aliphatic rings. The third-order valence-electron chi connectivity index (χ3n) is 3.90. The molecule has 2 rings (SSSR count). The van der Waals surface area contributed by atoms with Crippen molar-refractivity contribution in [3.63, 3.8) is 0 Å². The van der Waals surface area contributed by atoms with E-state index in [0.717, 1.165) is 55.5 Å². The number of nitrogens with zero attached hydrogens (tertiary/aromatic N) is 2. The highest BCUT2D eigenvalue weighted by molar-refractivity contribution is 6.31. The maximum Gasteiger partial charge on any atom is 0.0863 e. The second-order valence-corrected chi connectivity index (χ2v) is 5.71. The highest BCUT2D eigenvalue weighted by Gasteiger charge is 2.15. The van der Waals surface area contributed by atoms with Crippen LogP contribution in [0.1, 0.15) is 50.9 Å². The fourth-order valence-electron chi connectivity index (χ4n) is 2.69. The number of nitrogens with one attached hydrogen (secondary N) is 1. The lowest BCUT2D eigenvalue weighted by Gasteiger charge is -2.22. The first-order chi connectivity index (χ1) is 9.76. The van der Waals surface area contributed by atoms with Crippen molar-refractivity contribution in [1.82, 2.24) is 15.1 Å². The van der Waals surface area contributed by atoms with E-state index in [2.05, 4.69) is 24.3 Å². The Bertz CT molecular complexity index is 413. The molecule has 0 aromatic carbocycles. The molecule has 1 aromatic heterocycles. The molecular weight excluding hydrogens is 274 g/mol. The van der Waals surface area contributed by atoms with Crippen LogP contribution in [0.2, 0.25) is 5.02 Å². The zero-order chi connectivity index (χ0) is 14.4. The molecule has 0 aliphatic carbocycles. The van der Waals surface area contributed by atoms with Crippen LogP contribution in [0.3, 0.4) is 0 Å². The third-order valence-corrected chi connectivity index (χ3v) is 4.34. The van der Waals surface area contributed by atoms with Crippen molar-refractivity contribution in [2.45, 2.75) is 65.1 Å². The molecule has 2 heterocycles. The minimum absolute atomic E-state index is 0.439. The molecule has 4 nitrogen and oxygen atoms in total. The molecular formula is C15H26ClN3O. The molecule has 0 bridgehead atoms. The summed E-state index contributed by atoms with van der Waals surface area (Å²) in [6.07, 6.45) is 6.13. The fourth-order valence-corrected chi connectivity index (χ4v) is 3.03. The Hall–Kier alpha value is -0.580. The third kappa shape index (κ3) is 3.96. The van der Waals surface area contributed by atoms with E-state index in [1.807, 2.05) is 4.68 Å². The van der Waals surface area contributed by atoms with Crippen molar-refractivity contribution in [3.05, 3.63) is 16.4 Å². The van der Waals surface area contributed by atoms with Crippen LogP contribution in [0.5, 0.6) is 0 Å². The summed E-state index contributed by atoms with van der Waals surface area (Å²) in [4.78, 5) is 0. The summed E-state index contributed by atoms with van der Waals surface area (Å²) in [5.41, 5.74) is 2.11. The van der Waals surface area contributed by atoms with E-state index < -0.39 is 0 Å². The van der Waals surface area contributed by atoms with Crippen molar-refractivity contribution < 1.29 is 4.74 Å². The highest BCUT2D eigenvalue weighted by Crippen LogP contribution is 2.21. The zero-order valence-electron chi connectivity index (χ0n) is 12.6. The Labute approximate surface area is 126 Å². The van der Waals surface area contributed by atoms with E-state index >= 15 is 0 Å². The van der Waals surface area contributed by atoms with Crippen molar-refractivity contribution >= 4 is 11.6 Å². The van der Waals surface area contributed by atoms with Crippen LogP contribution in [-0.2, 0) is 24.2 Å². The summed E-state index contributed by atoms with van der Waals surface area (Å²) in [6.45, 7) is 7.74. The molecule has 1 saturated heterocycles. The molecule has 114 valence electrons. The van der Waals surface area contributed by atoms with Crippen LogP contribution >= 0.6 is 11.6 Å². The Morgan fingerprint density at radius 1 is 1.40 bits per heavy atom. The van der Waals surface area contributed by atoms with Gasteiger partial charge in [0.1, 0.15) is 0 Å². The van der Waals surface area contributed by atoms with Crippen LogP contribution in [0.4, 0.5) is 0 Å². The van der Waals surface area contributed by atoms with Gasteiger partial charge in [-0.25, -0.2) is 0 Å². The number of rotatable bonds is 7. The zero-order valence-corrected chi connectivity index (χ0v) is 13.4. The van der Waals surface area contributed by atoms with E-state index in [0.29, 0.717) is 6.10 Å². The SMILES string of the molecule is CCc1nn(CC)c(CNCCC2CCCCO2)c1Cl. The predicted octanol–water partition coefficient (Wildman–Crippen LogP) is 3.17. The second kappa shape index (κ2) is 8.01. The largest absolute Gasteiger partial charge is 0.378 e. The number of aryl methyl sites for hydroxylation is 2. The van der Waals surface area contributed by atoms with Crippen LogP contribution in [0.25, 0.3) is 0 Å². The van der Waals surface area contributed by atoms with Crippen molar-refractivity contribution in [1.29, 1.82) is 0 Å². The molecule has 1 unspecified atom stereocenters. The molecule has 1 aromatic rings. The van der Waals surface area contributed by atoms with Crippen LogP contribution < -0.4 is 5.32 Å². The van der Waals surface area contributed by atoms with Gasteiger partial charge >= 0.3 is 0 Å². The topological polar surface area (TPSA) is 39.1 Å². The highest BCUT2D eigenvalue weighted by atomic mass is 35.5. The van der Waals surface area contributed by atoms with Crippen molar-refractivity contribution in [3.8, 4) is 0 Å². The minimum Gasteiger partial charge on any atom is -0.378 e. The lowest BCUT2D eigenvalue weighted by molar-refractivity contribution is 0.0115. The van der Waals surface area contributed by atoms with Gasteiger partial charge in [0.2, 0.25) is 0 Å². The van der Waals surface area contributed by atoms with E-state index in [9.17, 15) is 0 Å². The molecule has 0 spiro atoms. The van der Waals surface area contributed by atoms with Gasteiger partial charge in [0.05, 0.1) is 22.5 Å². The molecule has 1 atom stereocenters. The normalized spacial score (nSPS) is 19.4. The lowest BCUT2D eigenvalue weighted by atomic mass is 10.1. The maximum atomic E-state index is 6.39. The molecule has 0 saturated carbocycles. The summed E-state index contributed by atoms with van der Waals surface area (Å²) in [6, 6.07) is 0. The van der Waals surface area contributed by atoms with Gasteiger partial charge in [-0.05, 0) is 45.6 Å². The first kappa shape index (κ1) is 15.8. The lowest BCUT2D eigenvalue weighted by Crippen LogP contribution is -2.25. The first-order valence-corrected chi connectivity index (χ1v) is 8.20. The number of hydrogen-bond acceptors (Lipinski definition) is 3. The molecule has 5 heteroatoms. The monoisotopic (exact) mass is 299 g/mol. The Kier molecular flexibility index (Phi) is 6.33. The first-order valence-electron chi connectivity index (χ1n) is 7.82. The number of halogens is 1. The summed E-state index contributed by atoms with van der Waals surface area (Å²) >= 11 is 6.39. The molecule has 0 amide bonds. The average molecular weight is 300 g/mol.